The molecule has 0 saturated carbocycles. The molecule has 0 amide bonds. The lowest BCUT2D eigenvalue weighted by Gasteiger charge is -2.12. The Bertz CT molecular complexity index is 671. The average molecular weight is 342 g/mol. The van der Waals surface area contributed by atoms with E-state index in [1.54, 1.807) is 0 Å². The van der Waals surface area contributed by atoms with Crippen LogP contribution in [0.4, 0.5) is 0 Å². The fraction of sp³-hybridized carbons (Fsp3) is 0.500. The molecule has 5 nitrogen and oxygen atoms in total. The number of hydrogen-bond acceptors (Lipinski definition) is 3. The highest BCUT2D eigenvalue weighted by molar-refractivity contribution is 5.79. The van der Waals surface area contributed by atoms with Crippen molar-refractivity contribution >= 4 is 5.96 Å². The van der Waals surface area contributed by atoms with E-state index in [1.165, 1.54) is 16.7 Å². The molecular formula is C20H30N4O. The van der Waals surface area contributed by atoms with Crippen LogP contribution in [0.2, 0.25) is 0 Å². The Balaban J connectivity index is 1.87. The van der Waals surface area contributed by atoms with Gasteiger partial charge < -0.3 is 15.2 Å². The SMILES string of the molecule is CCNC(=NCc1ccccc1CC)NCCCc1c(C)noc1C. The van der Waals surface area contributed by atoms with Gasteiger partial charge in [-0.05, 0) is 51.2 Å². The molecule has 0 aliphatic carbocycles. The van der Waals surface area contributed by atoms with Crippen LogP contribution in [0, 0.1) is 13.8 Å². The maximum Gasteiger partial charge on any atom is 0.191 e. The van der Waals surface area contributed by atoms with Crippen LogP contribution in [0.15, 0.2) is 33.8 Å². The van der Waals surface area contributed by atoms with Crippen LogP contribution >= 0.6 is 0 Å². The van der Waals surface area contributed by atoms with Gasteiger partial charge in [-0.15, -0.1) is 0 Å². The number of benzene rings is 1. The first-order valence-corrected chi connectivity index (χ1v) is 9.16. The van der Waals surface area contributed by atoms with Crippen LogP contribution in [-0.2, 0) is 19.4 Å². The van der Waals surface area contributed by atoms with Crippen LogP contribution in [0.1, 0.15) is 48.4 Å². The molecule has 1 aromatic heterocycles. The van der Waals surface area contributed by atoms with Gasteiger partial charge in [-0.25, -0.2) is 4.99 Å². The number of nitrogens with one attached hydrogen (secondary N) is 2. The predicted octanol–water partition coefficient (Wildman–Crippen LogP) is 3.54. The fourth-order valence-corrected chi connectivity index (χ4v) is 2.89. The van der Waals surface area contributed by atoms with E-state index in [0.29, 0.717) is 6.54 Å². The predicted molar refractivity (Wildman–Crippen MR) is 103 cm³/mol. The summed E-state index contributed by atoms with van der Waals surface area (Å²) in [7, 11) is 0. The Morgan fingerprint density at radius 3 is 2.52 bits per heavy atom. The monoisotopic (exact) mass is 342 g/mol. The molecule has 5 heteroatoms. The van der Waals surface area contributed by atoms with Gasteiger partial charge in [0.15, 0.2) is 5.96 Å². The molecule has 0 saturated heterocycles. The van der Waals surface area contributed by atoms with Gasteiger partial charge in [-0.3, -0.25) is 0 Å². The molecular weight excluding hydrogens is 312 g/mol. The lowest BCUT2D eigenvalue weighted by atomic mass is 10.1. The summed E-state index contributed by atoms with van der Waals surface area (Å²) in [6.45, 7) is 10.6. The zero-order valence-corrected chi connectivity index (χ0v) is 15.9. The van der Waals surface area contributed by atoms with Crippen molar-refractivity contribution in [3.05, 3.63) is 52.4 Å². The zero-order valence-electron chi connectivity index (χ0n) is 15.9. The van der Waals surface area contributed by atoms with Crippen LogP contribution < -0.4 is 10.6 Å². The summed E-state index contributed by atoms with van der Waals surface area (Å²) in [6, 6.07) is 8.50. The third kappa shape index (κ3) is 5.62. The zero-order chi connectivity index (χ0) is 18.1. The minimum Gasteiger partial charge on any atom is -0.361 e. The topological polar surface area (TPSA) is 62.5 Å². The molecule has 136 valence electrons. The van der Waals surface area contributed by atoms with Gasteiger partial charge in [0, 0.05) is 18.7 Å². The highest BCUT2D eigenvalue weighted by Gasteiger charge is 2.08. The number of aromatic nitrogens is 1. The Kier molecular flexibility index (Phi) is 7.51. The lowest BCUT2D eigenvalue weighted by Crippen LogP contribution is -2.37. The average Bonchev–Trinajstić information content (AvgIpc) is 2.95. The summed E-state index contributed by atoms with van der Waals surface area (Å²) in [4.78, 5) is 4.73. The van der Waals surface area contributed by atoms with Crippen molar-refractivity contribution in [2.24, 2.45) is 4.99 Å². The quantitative estimate of drug-likeness (QED) is 0.437. The van der Waals surface area contributed by atoms with Crippen molar-refractivity contribution in [3.63, 3.8) is 0 Å². The third-order valence-corrected chi connectivity index (χ3v) is 4.33. The molecule has 2 aromatic rings. The van der Waals surface area contributed by atoms with Crippen LogP contribution in [0.25, 0.3) is 0 Å². The minimum atomic E-state index is 0.698. The highest BCUT2D eigenvalue weighted by atomic mass is 16.5. The van der Waals surface area contributed by atoms with Crippen LogP contribution in [0.5, 0.6) is 0 Å². The van der Waals surface area contributed by atoms with E-state index in [0.717, 1.165) is 49.8 Å². The van der Waals surface area contributed by atoms with Gasteiger partial charge in [0.05, 0.1) is 12.2 Å². The molecule has 0 radical (unpaired) electrons. The van der Waals surface area contributed by atoms with Crippen LogP contribution in [-0.4, -0.2) is 24.2 Å². The summed E-state index contributed by atoms with van der Waals surface area (Å²) in [5.41, 5.74) is 4.87. The summed E-state index contributed by atoms with van der Waals surface area (Å²) >= 11 is 0. The number of aliphatic imine (C=N–C) groups is 1. The maximum absolute atomic E-state index is 5.21. The molecule has 0 fully saturated rings. The molecule has 0 unspecified atom stereocenters. The third-order valence-electron chi connectivity index (χ3n) is 4.33. The van der Waals surface area contributed by atoms with E-state index in [1.807, 2.05) is 13.8 Å². The Hall–Kier alpha value is -2.30. The summed E-state index contributed by atoms with van der Waals surface area (Å²) in [5.74, 6) is 1.79. The molecule has 2 rings (SSSR count). The molecule has 0 atom stereocenters. The number of nitrogens with zero attached hydrogens (tertiary/aromatic N) is 2. The molecule has 0 aliphatic heterocycles. The van der Waals surface area contributed by atoms with Gasteiger partial charge in [0.25, 0.3) is 0 Å². The Morgan fingerprint density at radius 1 is 1.12 bits per heavy atom. The van der Waals surface area contributed by atoms with E-state index in [4.69, 9.17) is 9.52 Å². The smallest absolute Gasteiger partial charge is 0.191 e. The van der Waals surface area contributed by atoms with Gasteiger partial charge in [0.2, 0.25) is 0 Å². The summed E-state index contributed by atoms with van der Waals surface area (Å²) in [5, 5.41) is 10.7. The fourth-order valence-electron chi connectivity index (χ4n) is 2.89. The Morgan fingerprint density at radius 2 is 1.88 bits per heavy atom. The van der Waals surface area contributed by atoms with E-state index in [-0.39, 0.29) is 0 Å². The molecule has 25 heavy (non-hydrogen) atoms. The molecule has 0 aliphatic rings. The summed E-state index contributed by atoms with van der Waals surface area (Å²) in [6.07, 6.45) is 3.01. The normalized spacial score (nSPS) is 11.6. The standard InChI is InChI=1S/C20H30N4O/c1-5-17-10-7-8-11-18(17)14-23-20(21-6-2)22-13-9-12-19-15(3)24-25-16(19)4/h7-8,10-11H,5-6,9,12-14H2,1-4H3,(H2,21,22,23). The van der Waals surface area contributed by atoms with E-state index in [2.05, 4.69) is 53.9 Å². The second-order valence-electron chi connectivity index (χ2n) is 6.15. The van der Waals surface area contributed by atoms with Crippen molar-refractivity contribution in [1.29, 1.82) is 0 Å². The van der Waals surface area contributed by atoms with Gasteiger partial charge >= 0.3 is 0 Å². The van der Waals surface area contributed by atoms with Gasteiger partial charge in [-0.1, -0.05) is 36.3 Å². The van der Waals surface area contributed by atoms with Crippen molar-refractivity contribution in [2.75, 3.05) is 13.1 Å². The molecule has 2 N–H and O–H groups in total. The lowest BCUT2D eigenvalue weighted by molar-refractivity contribution is 0.392. The largest absolute Gasteiger partial charge is 0.361 e. The van der Waals surface area contributed by atoms with Crippen LogP contribution in [0.3, 0.4) is 0 Å². The van der Waals surface area contributed by atoms with Crippen molar-refractivity contribution in [1.82, 2.24) is 15.8 Å². The molecule has 1 heterocycles. The number of rotatable bonds is 8. The van der Waals surface area contributed by atoms with Crippen molar-refractivity contribution in [3.8, 4) is 0 Å². The van der Waals surface area contributed by atoms with Gasteiger partial charge in [-0.2, -0.15) is 0 Å². The molecule has 0 bridgehead atoms. The van der Waals surface area contributed by atoms with Crippen molar-refractivity contribution in [2.45, 2.75) is 53.5 Å². The first kappa shape index (κ1) is 19.0. The first-order valence-electron chi connectivity index (χ1n) is 9.16. The summed E-state index contributed by atoms with van der Waals surface area (Å²) < 4.78 is 5.21. The van der Waals surface area contributed by atoms with E-state index >= 15 is 0 Å². The second kappa shape index (κ2) is 9.87. The number of hydrogen-bond donors (Lipinski definition) is 2. The molecule has 0 spiro atoms. The number of aryl methyl sites for hydroxylation is 3. The maximum atomic E-state index is 5.21. The highest BCUT2D eigenvalue weighted by Crippen LogP contribution is 2.14. The van der Waals surface area contributed by atoms with Crippen molar-refractivity contribution < 1.29 is 4.52 Å². The Labute approximate surface area is 150 Å². The second-order valence-corrected chi connectivity index (χ2v) is 6.15. The first-order chi connectivity index (χ1) is 12.2. The van der Waals surface area contributed by atoms with E-state index < -0.39 is 0 Å². The van der Waals surface area contributed by atoms with E-state index in [9.17, 15) is 0 Å². The number of guanidine groups is 1. The molecule has 1 aromatic carbocycles. The van der Waals surface area contributed by atoms with Gasteiger partial charge in [0.1, 0.15) is 5.76 Å². The minimum absolute atomic E-state index is 0.698.